The van der Waals surface area contributed by atoms with Crippen molar-refractivity contribution in [2.45, 2.75) is 33.4 Å². The second kappa shape index (κ2) is 7.87. The van der Waals surface area contributed by atoms with Crippen molar-refractivity contribution in [3.05, 3.63) is 29.6 Å². The topological polar surface area (TPSA) is 31.4 Å². The maximum absolute atomic E-state index is 4.35. The van der Waals surface area contributed by atoms with Crippen LogP contribution in [-0.4, -0.2) is 60.6 Å². The average molecular weight is 290 g/mol. The predicted octanol–water partition coefficient (Wildman–Crippen LogP) is 1.75. The second-order valence-electron chi connectivity index (χ2n) is 6.59. The van der Waals surface area contributed by atoms with E-state index in [1.165, 1.54) is 31.7 Å². The van der Waals surface area contributed by atoms with Crippen LogP contribution in [0.2, 0.25) is 0 Å². The maximum atomic E-state index is 4.35. The van der Waals surface area contributed by atoms with Crippen LogP contribution >= 0.6 is 0 Å². The summed E-state index contributed by atoms with van der Waals surface area (Å²) in [6.45, 7) is 13.4. The number of likely N-dealkylation sites (N-methyl/N-ethyl adjacent to an activating group) is 1. The van der Waals surface area contributed by atoms with Crippen LogP contribution in [0.15, 0.2) is 18.3 Å². The third-order valence-electron chi connectivity index (χ3n) is 4.43. The van der Waals surface area contributed by atoms with E-state index in [-0.39, 0.29) is 0 Å². The standard InChI is InChI=1S/C17H30N4/c1-14(2)17(21-9-7-20(4)8-10-21)13-18-11-16-6-5-15(3)19-12-16/h5-6,12,14,17-18H,7-11,13H2,1-4H3. The van der Waals surface area contributed by atoms with Crippen LogP contribution in [0.25, 0.3) is 0 Å². The molecule has 1 unspecified atom stereocenters. The molecular formula is C17H30N4. The van der Waals surface area contributed by atoms with Crippen LogP contribution in [0.4, 0.5) is 0 Å². The number of aryl methyl sites for hydroxylation is 1. The summed E-state index contributed by atoms with van der Waals surface area (Å²) < 4.78 is 0. The molecule has 118 valence electrons. The lowest BCUT2D eigenvalue weighted by molar-refractivity contribution is 0.0875. The van der Waals surface area contributed by atoms with Crippen LogP contribution in [-0.2, 0) is 6.54 Å². The Morgan fingerprint density at radius 3 is 2.48 bits per heavy atom. The van der Waals surface area contributed by atoms with E-state index in [0.29, 0.717) is 12.0 Å². The fraction of sp³-hybridized carbons (Fsp3) is 0.706. The van der Waals surface area contributed by atoms with Gasteiger partial charge in [-0.05, 0) is 31.5 Å². The molecule has 1 aliphatic heterocycles. The van der Waals surface area contributed by atoms with Gasteiger partial charge >= 0.3 is 0 Å². The number of hydrogen-bond acceptors (Lipinski definition) is 4. The van der Waals surface area contributed by atoms with Crippen molar-refractivity contribution in [2.24, 2.45) is 5.92 Å². The van der Waals surface area contributed by atoms with E-state index in [9.17, 15) is 0 Å². The third kappa shape index (κ3) is 5.06. The van der Waals surface area contributed by atoms with Crippen molar-refractivity contribution >= 4 is 0 Å². The van der Waals surface area contributed by atoms with E-state index in [0.717, 1.165) is 18.8 Å². The summed E-state index contributed by atoms with van der Waals surface area (Å²) in [7, 11) is 2.21. The molecule has 21 heavy (non-hydrogen) atoms. The predicted molar refractivity (Wildman–Crippen MR) is 88.4 cm³/mol. The van der Waals surface area contributed by atoms with Crippen molar-refractivity contribution in [3.63, 3.8) is 0 Å². The van der Waals surface area contributed by atoms with Crippen molar-refractivity contribution in [3.8, 4) is 0 Å². The van der Waals surface area contributed by atoms with Gasteiger partial charge in [0.1, 0.15) is 0 Å². The minimum absolute atomic E-state index is 0.622. The average Bonchev–Trinajstić information content (AvgIpc) is 2.46. The highest BCUT2D eigenvalue weighted by Crippen LogP contribution is 2.13. The summed E-state index contributed by atoms with van der Waals surface area (Å²) in [6.07, 6.45) is 1.97. The summed E-state index contributed by atoms with van der Waals surface area (Å²) in [5, 5.41) is 3.62. The third-order valence-corrected chi connectivity index (χ3v) is 4.43. The van der Waals surface area contributed by atoms with E-state index in [2.05, 4.69) is 53.1 Å². The van der Waals surface area contributed by atoms with Crippen molar-refractivity contribution in [1.82, 2.24) is 20.1 Å². The number of nitrogens with one attached hydrogen (secondary N) is 1. The first-order valence-electron chi connectivity index (χ1n) is 8.11. The highest BCUT2D eigenvalue weighted by atomic mass is 15.3. The van der Waals surface area contributed by atoms with Gasteiger partial charge in [0.15, 0.2) is 0 Å². The fourth-order valence-electron chi connectivity index (χ4n) is 2.91. The summed E-state index contributed by atoms with van der Waals surface area (Å²) in [6, 6.07) is 4.87. The molecule has 0 spiro atoms. The molecule has 1 N–H and O–H groups in total. The molecule has 1 aliphatic rings. The number of piperazine rings is 1. The molecule has 0 aliphatic carbocycles. The molecular weight excluding hydrogens is 260 g/mol. The number of aromatic nitrogens is 1. The molecule has 1 atom stereocenters. The van der Waals surface area contributed by atoms with Crippen molar-refractivity contribution in [1.29, 1.82) is 0 Å². The Hall–Kier alpha value is -0.970. The first-order chi connectivity index (χ1) is 10.1. The van der Waals surface area contributed by atoms with Gasteiger partial charge in [0.05, 0.1) is 0 Å². The summed E-state index contributed by atoms with van der Waals surface area (Å²) >= 11 is 0. The molecule has 0 bridgehead atoms. The van der Waals surface area contributed by atoms with Crippen LogP contribution in [0, 0.1) is 12.8 Å². The maximum Gasteiger partial charge on any atom is 0.0372 e. The zero-order valence-electron chi connectivity index (χ0n) is 14.0. The Morgan fingerprint density at radius 2 is 1.90 bits per heavy atom. The molecule has 4 heteroatoms. The normalized spacial score (nSPS) is 19.1. The molecule has 1 aromatic heterocycles. The summed E-state index contributed by atoms with van der Waals surface area (Å²) in [5.74, 6) is 0.678. The quantitative estimate of drug-likeness (QED) is 0.865. The Morgan fingerprint density at radius 1 is 1.19 bits per heavy atom. The molecule has 2 heterocycles. The molecule has 1 saturated heterocycles. The van der Waals surface area contributed by atoms with E-state index in [1.807, 2.05) is 13.1 Å². The fourth-order valence-corrected chi connectivity index (χ4v) is 2.91. The lowest BCUT2D eigenvalue weighted by Gasteiger charge is -2.40. The van der Waals surface area contributed by atoms with Gasteiger partial charge in [-0.1, -0.05) is 19.9 Å². The smallest absolute Gasteiger partial charge is 0.0372 e. The first-order valence-corrected chi connectivity index (χ1v) is 8.11. The lowest BCUT2D eigenvalue weighted by atomic mass is 10.0. The molecule has 0 saturated carbocycles. The van der Waals surface area contributed by atoms with E-state index in [4.69, 9.17) is 0 Å². The van der Waals surface area contributed by atoms with Gasteiger partial charge in [-0.2, -0.15) is 0 Å². The molecule has 1 fully saturated rings. The van der Waals surface area contributed by atoms with Crippen LogP contribution < -0.4 is 5.32 Å². The largest absolute Gasteiger partial charge is 0.311 e. The Balaban J connectivity index is 1.81. The van der Waals surface area contributed by atoms with Gasteiger partial charge in [0, 0.05) is 57.2 Å². The van der Waals surface area contributed by atoms with Gasteiger partial charge in [-0.3, -0.25) is 9.88 Å². The molecule has 4 nitrogen and oxygen atoms in total. The Labute approximate surface area is 129 Å². The lowest BCUT2D eigenvalue weighted by Crippen LogP contribution is -2.53. The van der Waals surface area contributed by atoms with E-state index in [1.54, 1.807) is 0 Å². The summed E-state index contributed by atoms with van der Waals surface area (Å²) in [5.41, 5.74) is 2.35. The zero-order valence-corrected chi connectivity index (χ0v) is 14.0. The van der Waals surface area contributed by atoms with Crippen LogP contribution in [0.3, 0.4) is 0 Å². The highest BCUT2D eigenvalue weighted by molar-refractivity contribution is 5.12. The molecule has 2 rings (SSSR count). The SMILES string of the molecule is Cc1ccc(CNCC(C(C)C)N2CCN(C)CC2)cn1. The first kappa shape index (κ1) is 16.4. The second-order valence-corrected chi connectivity index (χ2v) is 6.59. The van der Waals surface area contributed by atoms with Crippen LogP contribution in [0.5, 0.6) is 0 Å². The van der Waals surface area contributed by atoms with Gasteiger partial charge in [-0.25, -0.2) is 0 Å². The number of nitrogens with zero attached hydrogens (tertiary/aromatic N) is 3. The number of pyridine rings is 1. The molecule has 0 amide bonds. The van der Waals surface area contributed by atoms with Gasteiger partial charge in [0.2, 0.25) is 0 Å². The van der Waals surface area contributed by atoms with Crippen LogP contribution in [0.1, 0.15) is 25.1 Å². The highest BCUT2D eigenvalue weighted by Gasteiger charge is 2.24. The number of hydrogen-bond donors (Lipinski definition) is 1. The van der Waals surface area contributed by atoms with Crippen molar-refractivity contribution < 1.29 is 0 Å². The van der Waals surface area contributed by atoms with Gasteiger partial charge in [0.25, 0.3) is 0 Å². The van der Waals surface area contributed by atoms with E-state index >= 15 is 0 Å². The Kier molecular flexibility index (Phi) is 6.15. The monoisotopic (exact) mass is 290 g/mol. The zero-order chi connectivity index (χ0) is 15.2. The van der Waals surface area contributed by atoms with Gasteiger partial charge < -0.3 is 10.2 Å². The Bertz CT molecular complexity index is 407. The minimum Gasteiger partial charge on any atom is -0.311 e. The minimum atomic E-state index is 0.622. The molecule has 1 aromatic rings. The number of rotatable bonds is 6. The molecule has 0 radical (unpaired) electrons. The van der Waals surface area contributed by atoms with Crippen molar-refractivity contribution in [2.75, 3.05) is 39.8 Å². The summed E-state index contributed by atoms with van der Waals surface area (Å²) in [4.78, 5) is 9.41. The van der Waals surface area contributed by atoms with E-state index < -0.39 is 0 Å². The van der Waals surface area contributed by atoms with Gasteiger partial charge in [-0.15, -0.1) is 0 Å². The molecule has 0 aromatic carbocycles.